The topological polar surface area (TPSA) is 95.9 Å². The standard InChI is InChI=1S/C26H30N2O5/c1-3-4-9-16-28(2)25(31)23(14-15-24(29)30)27-26(32)33-17-22-20-12-7-5-10-18(20)19-11-6-8-13-21(19)22/h3,5-8,10-13,22-23H,1,4,9,14-17H2,2H3,(H,27,32)(H,29,30). The van der Waals surface area contributed by atoms with Gasteiger partial charge in [-0.1, -0.05) is 54.6 Å². The highest BCUT2D eigenvalue weighted by Crippen LogP contribution is 2.44. The van der Waals surface area contributed by atoms with Crippen LogP contribution in [-0.2, 0) is 14.3 Å². The number of carbonyl (C=O) groups is 3. The fourth-order valence-electron chi connectivity index (χ4n) is 4.16. The summed E-state index contributed by atoms with van der Waals surface area (Å²) in [6, 6.07) is 15.1. The number of hydrogen-bond donors (Lipinski definition) is 2. The van der Waals surface area contributed by atoms with E-state index in [1.165, 1.54) is 4.90 Å². The maximum Gasteiger partial charge on any atom is 0.407 e. The number of likely N-dealkylation sites (N-methyl/N-ethyl adjacent to an activating group) is 1. The lowest BCUT2D eigenvalue weighted by molar-refractivity contribution is -0.137. The summed E-state index contributed by atoms with van der Waals surface area (Å²) in [4.78, 5) is 38.0. The molecule has 1 unspecified atom stereocenters. The molecule has 0 bridgehead atoms. The van der Waals surface area contributed by atoms with Crippen molar-refractivity contribution in [3.05, 3.63) is 72.3 Å². The maximum absolute atomic E-state index is 12.8. The van der Waals surface area contributed by atoms with Crippen LogP contribution in [0.15, 0.2) is 61.2 Å². The lowest BCUT2D eigenvalue weighted by atomic mass is 9.98. The van der Waals surface area contributed by atoms with Gasteiger partial charge in [-0.05, 0) is 41.5 Å². The number of allylic oxidation sites excluding steroid dienone is 1. The van der Waals surface area contributed by atoms with E-state index in [1.54, 1.807) is 13.1 Å². The number of carbonyl (C=O) groups excluding carboxylic acids is 2. The summed E-state index contributed by atoms with van der Waals surface area (Å²) in [6.45, 7) is 4.27. The van der Waals surface area contributed by atoms with E-state index in [-0.39, 0.29) is 31.3 Å². The Hall–Kier alpha value is -3.61. The zero-order chi connectivity index (χ0) is 23.8. The number of carboxylic acid groups (broad SMARTS) is 1. The predicted molar refractivity (Wildman–Crippen MR) is 126 cm³/mol. The molecule has 0 saturated carbocycles. The Morgan fingerprint density at radius 1 is 1.12 bits per heavy atom. The highest BCUT2D eigenvalue weighted by Gasteiger charge is 2.30. The third kappa shape index (κ3) is 6.00. The monoisotopic (exact) mass is 450 g/mol. The van der Waals surface area contributed by atoms with Crippen molar-refractivity contribution in [3.8, 4) is 11.1 Å². The average Bonchev–Trinajstić information content (AvgIpc) is 3.13. The molecule has 1 aliphatic carbocycles. The van der Waals surface area contributed by atoms with Gasteiger partial charge in [-0.3, -0.25) is 9.59 Å². The first-order chi connectivity index (χ1) is 15.9. The number of aliphatic carboxylic acids is 1. The molecule has 1 atom stereocenters. The van der Waals surface area contributed by atoms with Crippen molar-refractivity contribution in [2.45, 2.75) is 37.6 Å². The highest BCUT2D eigenvalue weighted by molar-refractivity contribution is 5.86. The van der Waals surface area contributed by atoms with E-state index in [0.29, 0.717) is 6.54 Å². The van der Waals surface area contributed by atoms with Crippen LogP contribution >= 0.6 is 0 Å². The SMILES string of the molecule is C=CCCCN(C)C(=O)C(CCC(=O)O)NC(=O)OCC1c2ccccc2-c2ccccc21. The van der Waals surface area contributed by atoms with Crippen molar-refractivity contribution in [3.63, 3.8) is 0 Å². The van der Waals surface area contributed by atoms with Crippen molar-refractivity contribution >= 4 is 18.0 Å². The summed E-state index contributed by atoms with van der Waals surface area (Å²) in [7, 11) is 1.64. The normalized spacial score (nSPS) is 12.9. The number of amides is 2. The zero-order valence-corrected chi connectivity index (χ0v) is 18.8. The second kappa shape index (κ2) is 11.3. The van der Waals surface area contributed by atoms with E-state index in [2.05, 4.69) is 24.0 Å². The average molecular weight is 451 g/mol. The minimum absolute atomic E-state index is 0.00976. The second-order valence-corrected chi connectivity index (χ2v) is 8.15. The number of carboxylic acids is 1. The summed E-state index contributed by atoms with van der Waals surface area (Å²) >= 11 is 0. The Labute approximate surface area is 194 Å². The lowest BCUT2D eigenvalue weighted by Crippen LogP contribution is -2.48. The van der Waals surface area contributed by atoms with E-state index in [1.807, 2.05) is 36.4 Å². The van der Waals surface area contributed by atoms with Gasteiger partial charge in [-0.25, -0.2) is 4.79 Å². The summed E-state index contributed by atoms with van der Waals surface area (Å²) < 4.78 is 5.52. The molecular formula is C26H30N2O5. The number of benzene rings is 2. The first-order valence-corrected chi connectivity index (χ1v) is 11.1. The van der Waals surface area contributed by atoms with Crippen molar-refractivity contribution in [2.75, 3.05) is 20.2 Å². The van der Waals surface area contributed by atoms with Gasteiger partial charge < -0.3 is 20.1 Å². The van der Waals surface area contributed by atoms with E-state index < -0.39 is 18.1 Å². The molecule has 0 fully saturated rings. The Morgan fingerprint density at radius 2 is 1.73 bits per heavy atom. The first kappa shape index (κ1) is 24.0. The van der Waals surface area contributed by atoms with Gasteiger partial charge in [0.1, 0.15) is 12.6 Å². The Kier molecular flexibility index (Phi) is 8.24. The Bertz CT molecular complexity index is 974. The minimum Gasteiger partial charge on any atom is -0.481 e. The molecule has 0 spiro atoms. The van der Waals surface area contributed by atoms with Gasteiger partial charge in [-0.2, -0.15) is 0 Å². The van der Waals surface area contributed by atoms with Crippen molar-refractivity contribution < 1.29 is 24.2 Å². The molecule has 174 valence electrons. The molecular weight excluding hydrogens is 420 g/mol. The number of nitrogens with zero attached hydrogens (tertiary/aromatic N) is 1. The van der Waals surface area contributed by atoms with E-state index >= 15 is 0 Å². The molecule has 2 N–H and O–H groups in total. The Morgan fingerprint density at radius 3 is 2.30 bits per heavy atom. The van der Waals surface area contributed by atoms with Crippen LogP contribution in [0.4, 0.5) is 4.79 Å². The molecule has 0 aliphatic heterocycles. The minimum atomic E-state index is -1.03. The number of rotatable bonds is 11. The number of unbranched alkanes of at least 4 members (excludes halogenated alkanes) is 1. The number of ether oxygens (including phenoxy) is 1. The van der Waals surface area contributed by atoms with Gasteiger partial charge >= 0.3 is 12.1 Å². The molecule has 33 heavy (non-hydrogen) atoms. The second-order valence-electron chi connectivity index (χ2n) is 8.15. The summed E-state index contributed by atoms with van der Waals surface area (Å²) in [6.07, 6.45) is 2.29. The van der Waals surface area contributed by atoms with Crippen LogP contribution in [0.1, 0.15) is 42.7 Å². The molecule has 0 heterocycles. The molecule has 3 rings (SSSR count). The van der Waals surface area contributed by atoms with Crippen LogP contribution in [0.5, 0.6) is 0 Å². The van der Waals surface area contributed by atoms with Gasteiger partial charge in [0.2, 0.25) is 5.91 Å². The molecule has 0 aromatic heterocycles. The van der Waals surface area contributed by atoms with Crippen LogP contribution in [0.2, 0.25) is 0 Å². The van der Waals surface area contributed by atoms with Gasteiger partial charge in [0.25, 0.3) is 0 Å². The van der Waals surface area contributed by atoms with Gasteiger partial charge in [-0.15, -0.1) is 6.58 Å². The molecule has 2 aromatic carbocycles. The smallest absolute Gasteiger partial charge is 0.407 e. The number of fused-ring (bicyclic) bond motifs is 3. The molecule has 0 saturated heterocycles. The molecule has 2 amide bonds. The van der Waals surface area contributed by atoms with Crippen LogP contribution in [0.25, 0.3) is 11.1 Å². The summed E-state index contributed by atoms with van der Waals surface area (Å²) in [5.41, 5.74) is 4.43. The summed E-state index contributed by atoms with van der Waals surface area (Å²) in [5, 5.41) is 11.6. The highest BCUT2D eigenvalue weighted by atomic mass is 16.5. The molecule has 7 nitrogen and oxygen atoms in total. The molecule has 7 heteroatoms. The summed E-state index contributed by atoms with van der Waals surface area (Å²) in [5.74, 6) is -1.47. The van der Waals surface area contributed by atoms with Crippen molar-refractivity contribution in [2.24, 2.45) is 0 Å². The number of hydrogen-bond acceptors (Lipinski definition) is 4. The molecule has 0 radical (unpaired) electrons. The quantitative estimate of drug-likeness (QED) is 0.395. The Balaban J connectivity index is 1.65. The first-order valence-electron chi connectivity index (χ1n) is 11.1. The van der Waals surface area contributed by atoms with E-state index in [0.717, 1.165) is 35.1 Å². The van der Waals surface area contributed by atoms with Crippen LogP contribution < -0.4 is 5.32 Å². The number of alkyl carbamates (subject to hydrolysis) is 1. The largest absolute Gasteiger partial charge is 0.481 e. The molecule has 2 aromatic rings. The van der Waals surface area contributed by atoms with Gasteiger partial charge in [0.15, 0.2) is 0 Å². The maximum atomic E-state index is 12.8. The molecule has 1 aliphatic rings. The van der Waals surface area contributed by atoms with Crippen molar-refractivity contribution in [1.29, 1.82) is 0 Å². The van der Waals surface area contributed by atoms with Crippen LogP contribution in [-0.4, -0.2) is 54.2 Å². The fraction of sp³-hybridized carbons (Fsp3) is 0.346. The van der Waals surface area contributed by atoms with E-state index in [4.69, 9.17) is 9.84 Å². The van der Waals surface area contributed by atoms with Gasteiger partial charge in [0.05, 0.1) is 0 Å². The predicted octanol–water partition coefficient (Wildman–Crippen LogP) is 4.18. The van der Waals surface area contributed by atoms with Crippen molar-refractivity contribution in [1.82, 2.24) is 10.2 Å². The number of nitrogens with one attached hydrogen (secondary N) is 1. The third-order valence-electron chi connectivity index (χ3n) is 5.86. The van der Waals surface area contributed by atoms with E-state index in [9.17, 15) is 14.4 Å². The third-order valence-corrected chi connectivity index (χ3v) is 5.86. The lowest BCUT2D eigenvalue weighted by Gasteiger charge is -2.24. The zero-order valence-electron chi connectivity index (χ0n) is 18.8. The van der Waals surface area contributed by atoms with Gasteiger partial charge in [0, 0.05) is 25.9 Å². The fourth-order valence-corrected chi connectivity index (χ4v) is 4.16. The van der Waals surface area contributed by atoms with Crippen LogP contribution in [0.3, 0.4) is 0 Å². The van der Waals surface area contributed by atoms with Crippen LogP contribution in [0, 0.1) is 0 Å².